The number of benzene rings is 2. The molecule has 4 rings (SSSR count). The van der Waals surface area contributed by atoms with Crippen molar-refractivity contribution in [2.24, 2.45) is 0 Å². The van der Waals surface area contributed by atoms with Crippen LogP contribution in [0.4, 0.5) is 17.3 Å². The lowest BCUT2D eigenvalue weighted by molar-refractivity contribution is 0.0976. The highest BCUT2D eigenvalue weighted by molar-refractivity contribution is 6.35. The number of halogens is 2. The second-order valence-corrected chi connectivity index (χ2v) is 7.28. The van der Waals surface area contributed by atoms with Crippen LogP contribution in [0.15, 0.2) is 54.7 Å². The van der Waals surface area contributed by atoms with Gasteiger partial charge in [-0.3, -0.25) is 4.79 Å². The molecule has 1 aliphatic heterocycles. The van der Waals surface area contributed by atoms with Crippen molar-refractivity contribution in [1.82, 2.24) is 9.97 Å². The largest absolute Gasteiger partial charge is 0.324 e. The molecule has 0 aliphatic carbocycles. The number of carbonyl (C=O) groups is 1. The van der Waals surface area contributed by atoms with E-state index in [1.54, 1.807) is 35.4 Å². The molecule has 1 atom stereocenters. The van der Waals surface area contributed by atoms with E-state index in [-0.39, 0.29) is 11.9 Å². The zero-order chi connectivity index (χ0) is 19.0. The minimum atomic E-state index is -0.151. The van der Waals surface area contributed by atoms with Crippen LogP contribution in [0.1, 0.15) is 23.0 Å². The average molecular weight is 399 g/mol. The van der Waals surface area contributed by atoms with Crippen LogP contribution in [0.3, 0.4) is 0 Å². The van der Waals surface area contributed by atoms with Crippen molar-refractivity contribution < 1.29 is 4.79 Å². The molecule has 2 heterocycles. The van der Waals surface area contributed by atoms with Crippen molar-refractivity contribution in [2.75, 3.05) is 10.2 Å². The van der Waals surface area contributed by atoms with Gasteiger partial charge in [-0.25, -0.2) is 9.97 Å². The number of para-hydroxylation sites is 1. The fourth-order valence-electron chi connectivity index (χ4n) is 3.29. The summed E-state index contributed by atoms with van der Waals surface area (Å²) in [7, 11) is 0. The standard InChI is InChI=1S/C20H16Cl2N4O/c1-12-8-13-4-2-3-5-18(13)26(12)19(27)17-6-7-23-20(25-17)24-16-10-14(21)9-15(22)11-16/h2-7,9-12H,8H2,1H3,(H,23,24,25). The van der Waals surface area contributed by atoms with Gasteiger partial charge in [-0.1, -0.05) is 41.4 Å². The fraction of sp³-hybridized carbons (Fsp3) is 0.150. The highest BCUT2D eigenvalue weighted by atomic mass is 35.5. The SMILES string of the molecule is CC1Cc2ccccc2N1C(=O)c1ccnc(Nc2cc(Cl)cc(Cl)c2)n1. The fourth-order valence-corrected chi connectivity index (χ4v) is 3.82. The van der Waals surface area contributed by atoms with Crippen molar-refractivity contribution in [2.45, 2.75) is 19.4 Å². The van der Waals surface area contributed by atoms with Crippen molar-refractivity contribution in [1.29, 1.82) is 0 Å². The maximum absolute atomic E-state index is 13.1. The monoisotopic (exact) mass is 398 g/mol. The van der Waals surface area contributed by atoms with Crippen LogP contribution in [-0.2, 0) is 6.42 Å². The van der Waals surface area contributed by atoms with Crippen molar-refractivity contribution in [3.05, 3.63) is 76.0 Å². The maximum atomic E-state index is 13.1. The van der Waals surface area contributed by atoms with Gasteiger partial charge in [0, 0.05) is 33.7 Å². The van der Waals surface area contributed by atoms with Gasteiger partial charge in [0.2, 0.25) is 5.95 Å². The second-order valence-electron chi connectivity index (χ2n) is 6.41. The van der Waals surface area contributed by atoms with Gasteiger partial charge in [-0.15, -0.1) is 0 Å². The van der Waals surface area contributed by atoms with Gasteiger partial charge in [0.15, 0.2) is 0 Å². The Morgan fingerprint density at radius 3 is 2.67 bits per heavy atom. The summed E-state index contributed by atoms with van der Waals surface area (Å²) < 4.78 is 0. The Morgan fingerprint density at radius 1 is 1.15 bits per heavy atom. The molecule has 3 aromatic rings. The highest BCUT2D eigenvalue weighted by Crippen LogP contribution is 2.33. The van der Waals surface area contributed by atoms with Crippen molar-refractivity contribution in [3.63, 3.8) is 0 Å². The summed E-state index contributed by atoms with van der Waals surface area (Å²) in [5.74, 6) is 0.154. The number of amides is 1. The molecule has 27 heavy (non-hydrogen) atoms. The zero-order valence-electron chi connectivity index (χ0n) is 14.5. The average Bonchev–Trinajstić information content (AvgIpc) is 2.96. The zero-order valence-corrected chi connectivity index (χ0v) is 16.0. The van der Waals surface area contributed by atoms with E-state index in [4.69, 9.17) is 23.2 Å². The van der Waals surface area contributed by atoms with Crippen LogP contribution in [0.2, 0.25) is 10.0 Å². The number of hydrogen-bond acceptors (Lipinski definition) is 4. The minimum Gasteiger partial charge on any atom is -0.324 e. The summed E-state index contributed by atoms with van der Waals surface area (Å²) in [6, 6.07) is 14.7. The third-order valence-corrected chi connectivity index (χ3v) is 4.86. The molecule has 1 amide bonds. The summed E-state index contributed by atoms with van der Waals surface area (Å²) >= 11 is 12.0. The topological polar surface area (TPSA) is 58.1 Å². The molecule has 0 radical (unpaired) electrons. The Hall–Kier alpha value is -2.63. The first-order chi connectivity index (χ1) is 13.0. The van der Waals surface area contributed by atoms with Crippen molar-refractivity contribution >= 4 is 46.4 Å². The van der Waals surface area contributed by atoms with E-state index >= 15 is 0 Å². The van der Waals surface area contributed by atoms with Crippen LogP contribution in [-0.4, -0.2) is 21.9 Å². The van der Waals surface area contributed by atoms with Crippen molar-refractivity contribution in [3.8, 4) is 0 Å². The third kappa shape index (κ3) is 3.61. The molecule has 0 saturated carbocycles. The van der Waals surface area contributed by atoms with Gasteiger partial charge in [0.1, 0.15) is 5.69 Å². The molecule has 1 aromatic heterocycles. The number of nitrogens with one attached hydrogen (secondary N) is 1. The number of rotatable bonds is 3. The number of anilines is 3. The molecule has 0 bridgehead atoms. The summed E-state index contributed by atoms with van der Waals surface area (Å²) in [6.45, 7) is 2.03. The summed E-state index contributed by atoms with van der Waals surface area (Å²) in [4.78, 5) is 23.5. The molecule has 5 nitrogen and oxygen atoms in total. The maximum Gasteiger partial charge on any atom is 0.277 e. The molecule has 2 aromatic carbocycles. The molecule has 0 spiro atoms. The molecule has 1 unspecified atom stereocenters. The minimum absolute atomic E-state index is 0.0769. The molecule has 0 fully saturated rings. The van der Waals surface area contributed by atoms with Gasteiger partial charge in [0.25, 0.3) is 5.91 Å². The molecule has 136 valence electrons. The van der Waals surface area contributed by atoms with Crippen LogP contribution in [0.25, 0.3) is 0 Å². The van der Waals surface area contributed by atoms with Gasteiger partial charge < -0.3 is 10.2 Å². The van der Waals surface area contributed by atoms with E-state index in [2.05, 4.69) is 21.4 Å². The molecular weight excluding hydrogens is 383 g/mol. The Morgan fingerprint density at radius 2 is 1.89 bits per heavy atom. The number of fused-ring (bicyclic) bond motifs is 1. The van der Waals surface area contributed by atoms with Crippen LogP contribution in [0, 0.1) is 0 Å². The summed E-state index contributed by atoms with van der Waals surface area (Å²) in [5.41, 5.74) is 3.07. The van der Waals surface area contributed by atoms with Gasteiger partial charge in [0.05, 0.1) is 0 Å². The molecule has 7 heteroatoms. The van der Waals surface area contributed by atoms with Gasteiger partial charge >= 0.3 is 0 Å². The van der Waals surface area contributed by atoms with Crippen LogP contribution in [0.5, 0.6) is 0 Å². The van der Waals surface area contributed by atoms with E-state index in [0.29, 0.717) is 27.4 Å². The number of carbonyl (C=O) groups excluding carboxylic acids is 1. The van der Waals surface area contributed by atoms with Gasteiger partial charge in [-0.05, 0) is 49.2 Å². The van der Waals surface area contributed by atoms with Crippen LogP contribution < -0.4 is 10.2 Å². The Bertz CT molecular complexity index is 1000. The summed E-state index contributed by atoms with van der Waals surface area (Å²) in [6.07, 6.45) is 2.39. The smallest absolute Gasteiger partial charge is 0.277 e. The molecule has 1 N–H and O–H groups in total. The van der Waals surface area contributed by atoms with E-state index in [9.17, 15) is 4.79 Å². The molecule has 0 saturated heterocycles. The highest BCUT2D eigenvalue weighted by Gasteiger charge is 2.31. The Kier molecular flexibility index (Phi) is 4.72. The normalized spacial score (nSPS) is 15.5. The molecular formula is C20H16Cl2N4O. The first-order valence-corrected chi connectivity index (χ1v) is 9.24. The lowest BCUT2D eigenvalue weighted by Crippen LogP contribution is -2.36. The Labute approximate surface area is 167 Å². The lowest BCUT2D eigenvalue weighted by Gasteiger charge is -2.22. The second kappa shape index (κ2) is 7.18. The summed E-state index contributed by atoms with van der Waals surface area (Å²) in [5, 5.41) is 4.04. The predicted molar refractivity (Wildman–Crippen MR) is 108 cm³/mol. The van der Waals surface area contributed by atoms with Crippen LogP contribution >= 0.6 is 23.2 Å². The predicted octanol–water partition coefficient (Wildman–Crippen LogP) is 5.12. The first kappa shape index (κ1) is 17.8. The number of hydrogen-bond donors (Lipinski definition) is 1. The number of aromatic nitrogens is 2. The molecule has 1 aliphatic rings. The quantitative estimate of drug-likeness (QED) is 0.664. The Balaban J connectivity index is 1.62. The van der Waals surface area contributed by atoms with E-state index in [1.807, 2.05) is 25.1 Å². The lowest BCUT2D eigenvalue weighted by atomic mass is 10.1. The third-order valence-electron chi connectivity index (χ3n) is 4.42. The van der Waals surface area contributed by atoms with E-state index in [0.717, 1.165) is 12.1 Å². The number of nitrogens with zero attached hydrogens (tertiary/aromatic N) is 3. The van der Waals surface area contributed by atoms with E-state index in [1.165, 1.54) is 5.56 Å². The first-order valence-electron chi connectivity index (χ1n) is 8.49. The van der Waals surface area contributed by atoms with E-state index < -0.39 is 0 Å². The van der Waals surface area contributed by atoms with Gasteiger partial charge in [-0.2, -0.15) is 0 Å².